The first-order chi connectivity index (χ1) is 7.25. The van der Waals surface area contributed by atoms with E-state index in [9.17, 15) is 4.79 Å². The minimum atomic E-state index is -0.175. The molecule has 0 bridgehead atoms. The van der Waals surface area contributed by atoms with Gasteiger partial charge in [0.15, 0.2) is 5.58 Å². The van der Waals surface area contributed by atoms with Gasteiger partial charge in [-0.25, -0.2) is 0 Å². The number of hydrogen-bond acceptors (Lipinski definition) is 2. The summed E-state index contributed by atoms with van der Waals surface area (Å²) in [5, 5.41) is 1.90. The van der Waals surface area contributed by atoms with Crippen LogP contribution in [0.4, 0.5) is 0 Å². The normalized spacial score (nSPS) is 11.3. The van der Waals surface area contributed by atoms with Crippen LogP contribution in [0.15, 0.2) is 39.7 Å². The molecular formula is C12H9NO2. The minimum Gasteiger partial charge on any atom is -0.459 e. The Labute approximate surface area is 85.3 Å². The van der Waals surface area contributed by atoms with Gasteiger partial charge in [0.1, 0.15) is 0 Å². The largest absolute Gasteiger partial charge is 0.459 e. The van der Waals surface area contributed by atoms with Gasteiger partial charge in [-0.2, -0.15) is 0 Å². The molecule has 0 aliphatic carbocycles. The monoisotopic (exact) mass is 199 g/mol. The van der Waals surface area contributed by atoms with Gasteiger partial charge >= 0.3 is 0 Å². The van der Waals surface area contributed by atoms with Gasteiger partial charge in [0, 0.05) is 16.3 Å². The number of aromatic nitrogens is 1. The molecule has 0 atom stereocenters. The average molecular weight is 199 g/mol. The second-order valence-corrected chi connectivity index (χ2v) is 3.67. The van der Waals surface area contributed by atoms with E-state index in [1.807, 2.05) is 31.2 Å². The summed E-state index contributed by atoms with van der Waals surface area (Å²) in [5.41, 5.74) is 2.23. The van der Waals surface area contributed by atoms with Gasteiger partial charge < -0.3 is 9.40 Å². The van der Waals surface area contributed by atoms with Crippen LogP contribution in [-0.4, -0.2) is 4.98 Å². The quantitative estimate of drug-likeness (QED) is 0.604. The van der Waals surface area contributed by atoms with Crippen LogP contribution >= 0.6 is 0 Å². The van der Waals surface area contributed by atoms with E-state index in [0.717, 1.165) is 21.9 Å². The number of rotatable bonds is 0. The number of pyridine rings is 1. The molecule has 0 aliphatic rings. The highest BCUT2D eigenvalue weighted by Crippen LogP contribution is 2.22. The molecule has 2 aromatic heterocycles. The highest BCUT2D eigenvalue weighted by Gasteiger charge is 2.07. The molecule has 1 N–H and O–H groups in total. The third-order valence-corrected chi connectivity index (χ3v) is 2.58. The zero-order valence-corrected chi connectivity index (χ0v) is 8.20. The van der Waals surface area contributed by atoms with Crippen LogP contribution in [0.1, 0.15) is 5.56 Å². The van der Waals surface area contributed by atoms with E-state index in [4.69, 9.17) is 4.42 Å². The molecule has 0 aliphatic heterocycles. The van der Waals surface area contributed by atoms with Crippen LogP contribution in [0, 0.1) is 6.92 Å². The lowest BCUT2D eigenvalue weighted by Crippen LogP contribution is -2.04. The summed E-state index contributed by atoms with van der Waals surface area (Å²) in [5.74, 6) is 0. The molecule has 3 nitrogen and oxygen atoms in total. The first-order valence-corrected chi connectivity index (χ1v) is 4.75. The van der Waals surface area contributed by atoms with Gasteiger partial charge in [-0.15, -0.1) is 0 Å². The molecule has 74 valence electrons. The number of hydrogen-bond donors (Lipinski definition) is 1. The third kappa shape index (κ3) is 1.09. The second-order valence-electron chi connectivity index (χ2n) is 3.67. The number of fused-ring (bicyclic) bond motifs is 3. The van der Waals surface area contributed by atoms with Crippen LogP contribution in [0.3, 0.4) is 0 Å². The van der Waals surface area contributed by atoms with Crippen molar-refractivity contribution in [3.63, 3.8) is 0 Å². The molecule has 0 saturated heterocycles. The Kier molecular flexibility index (Phi) is 1.51. The molecule has 3 rings (SSSR count). The molecule has 0 radical (unpaired) electrons. The first-order valence-electron chi connectivity index (χ1n) is 4.75. The van der Waals surface area contributed by atoms with Crippen LogP contribution in [0.5, 0.6) is 0 Å². The molecule has 0 saturated carbocycles. The number of nitrogens with one attached hydrogen (secondary N) is 1. The van der Waals surface area contributed by atoms with Gasteiger partial charge in [-0.1, -0.05) is 11.6 Å². The molecule has 0 fully saturated rings. The molecule has 3 aromatic rings. The Hall–Kier alpha value is -2.03. The van der Waals surface area contributed by atoms with Crippen LogP contribution in [-0.2, 0) is 0 Å². The van der Waals surface area contributed by atoms with E-state index < -0.39 is 0 Å². The maximum Gasteiger partial charge on any atom is 0.292 e. The fraction of sp³-hybridized carbons (Fsp3) is 0.0833. The fourth-order valence-corrected chi connectivity index (χ4v) is 1.87. The Morgan fingerprint density at radius 2 is 2.07 bits per heavy atom. The van der Waals surface area contributed by atoms with E-state index in [-0.39, 0.29) is 5.56 Å². The lowest BCUT2D eigenvalue weighted by atomic mass is 10.1. The summed E-state index contributed by atoms with van der Waals surface area (Å²) < 4.78 is 5.15. The van der Waals surface area contributed by atoms with E-state index in [2.05, 4.69) is 4.98 Å². The van der Waals surface area contributed by atoms with Crippen LogP contribution < -0.4 is 5.56 Å². The van der Waals surface area contributed by atoms with Crippen molar-refractivity contribution >= 4 is 21.9 Å². The van der Waals surface area contributed by atoms with E-state index in [0.29, 0.717) is 5.58 Å². The number of aryl methyl sites for hydroxylation is 1. The minimum absolute atomic E-state index is 0.175. The second kappa shape index (κ2) is 2.73. The van der Waals surface area contributed by atoms with Crippen molar-refractivity contribution in [2.24, 2.45) is 0 Å². The first kappa shape index (κ1) is 8.29. The summed E-state index contributed by atoms with van der Waals surface area (Å²) in [6.07, 6.45) is 1.54. The topological polar surface area (TPSA) is 46.0 Å². The molecule has 0 spiro atoms. The smallest absolute Gasteiger partial charge is 0.292 e. The maximum absolute atomic E-state index is 11.6. The Balaban J connectivity index is 2.67. The van der Waals surface area contributed by atoms with E-state index in [1.54, 1.807) is 6.26 Å². The SMILES string of the molecule is Cc1ccc2[nH]c(=O)c3occc3c2c1. The van der Waals surface area contributed by atoms with Crippen molar-refractivity contribution < 1.29 is 4.42 Å². The van der Waals surface area contributed by atoms with E-state index in [1.165, 1.54) is 0 Å². The molecule has 2 heterocycles. The predicted molar refractivity (Wildman–Crippen MR) is 59.1 cm³/mol. The van der Waals surface area contributed by atoms with Crippen molar-refractivity contribution in [2.45, 2.75) is 6.92 Å². The van der Waals surface area contributed by atoms with Gasteiger partial charge in [0.2, 0.25) is 0 Å². The summed E-state index contributed by atoms with van der Waals surface area (Å²) >= 11 is 0. The summed E-state index contributed by atoms with van der Waals surface area (Å²) in [7, 11) is 0. The Morgan fingerprint density at radius 3 is 2.93 bits per heavy atom. The zero-order valence-electron chi connectivity index (χ0n) is 8.20. The molecule has 15 heavy (non-hydrogen) atoms. The van der Waals surface area contributed by atoms with Gasteiger partial charge in [0.25, 0.3) is 5.56 Å². The highest BCUT2D eigenvalue weighted by molar-refractivity contribution is 6.03. The molecule has 1 aromatic carbocycles. The number of aromatic amines is 1. The lowest BCUT2D eigenvalue weighted by molar-refractivity contribution is 0.611. The van der Waals surface area contributed by atoms with Crippen LogP contribution in [0.2, 0.25) is 0 Å². The van der Waals surface area contributed by atoms with Gasteiger partial charge in [-0.05, 0) is 25.1 Å². The summed E-state index contributed by atoms with van der Waals surface area (Å²) in [6, 6.07) is 7.76. The maximum atomic E-state index is 11.6. The molecular weight excluding hydrogens is 190 g/mol. The number of H-pyrrole nitrogens is 1. The third-order valence-electron chi connectivity index (χ3n) is 2.58. The highest BCUT2D eigenvalue weighted by atomic mass is 16.3. The molecule has 0 unspecified atom stereocenters. The molecule has 0 amide bonds. The number of furan rings is 1. The van der Waals surface area contributed by atoms with Crippen molar-refractivity contribution in [2.75, 3.05) is 0 Å². The average Bonchev–Trinajstić information content (AvgIpc) is 2.69. The van der Waals surface area contributed by atoms with Crippen molar-refractivity contribution in [3.05, 3.63) is 46.4 Å². The Bertz CT molecular complexity index is 706. The van der Waals surface area contributed by atoms with E-state index >= 15 is 0 Å². The van der Waals surface area contributed by atoms with Crippen LogP contribution in [0.25, 0.3) is 21.9 Å². The van der Waals surface area contributed by atoms with Crippen molar-refractivity contribution in [3.8, 4) is 0 Å². The molecule has 3 heteroatoms. The van der Waals surface area contributed by atoms with Gasteiger partial charge in [-0.3, -0.25) is 4.79 Å². The van der Waals surface area contributed by atoms with Crippen molar-refractivity contribution in [1.29, 1.82) is 0 Å². The lowest BCUT2D eigenvalue weighted by Gasteiger charge is -1.99. The summed E-state index contributed by atoms with van der Waals surface area (Å²) in [6.45, 7) is 2.02. The number of benzene rings is 1. The summed E-state index contributed by atoms with van der Waals surface area (Å²) in [4.78, 5) is 14.4. The standard InChI is InChI=1S/C12H9NO2/c1-7-2-3-10-9(6-7)8-4-5-15-11(8)12(14)13-10/h2-6H,1H3,(H,13,14). The fourth-order valence-electron chi connectivity index (χ4n) is 1.87. The van der Waals surface area contributed by atoms with Gasteiger partial charge in [0.05, 0.1) is 6.26 Å². The van der Waals surface area contributed by atoms with Crippen molar-refractivity contribution in [1.82, 2.24) is 4.98 Å². The zero-order chi connectivity index (χ0) is 10.4. The predicted octanol–water partition coefficient (Wildman–Crippen LogP) is 2.58. The Morgan fingerprint density at radius 1 is 1.20 bits per heavy atom.